The van der Waals surface area contributed by atoms with Crippen LogP contribution in [0.4, 0.5) is 0 Å². The van der Waals surface area contributed by atoms with Gasteiger partial charge < -0.3 is 9.47 Å². The van der Waals surface area contributed by atoms with Crippen molar-refractivity contribution in [3.63, 3.8) is 0 Å². The molecule has 4 rings (SSSR count). The third-order valence-electron chi connectivity index (χ3n) is 4.40. The Morgan fingerprint density at radius 3 is 2.63 bits per heavy atom. The number of rotatable bonds is 4. The Bertz CT molecular complexity index is 1130. The summed E-state index contributed by atoms with van der Waals surface area (Å²) in [5, 5.41) is 0. The molecule has 0 fully saturated rings. The molecule has 0 saturated heterocycles. The van der Waals surface area contributed by atoms with E-state index in [1.165, 1.54) is 6.07 Å². The Morgan fingerprint density at radius 2 is 1.80 bits per heavy atom. The molecule has 2 heterocycles. The van der Waals surface area contributed by atoms with Gasteiger partial charge in [0.05, 0.1) is 11.4 Å². The van der Waals surface area contributed by atoms with E-state index >= 15 is 0 Å². The fourth-order valence-corrected chi connectivity index (χ4v) is 4.19. The van der Waals surface area contributed by atoms with Crippen LogP contribution in [0.1, 0.15) is 12.0 Å². The minimum absolute atomic E-state index is 0.0198. The standard InChI is InChI=1S/C19H18N4O6S/c24-17(9-10-20-18-12-5-1-4-8-16(12)30(26,27)23-18)21-22-19(25)15-11-28-13-6-2-3-7-14(13)29-15/h1-8,15H,9-11H2,(H,20,23)(H,21,24)(H,22,25)/t15-/m0/s1. The van der Waals surface area contributed by atoms with Crippen LogP contribution in [0.5, 0.6) is 11.5 Å². The first-order valence-electron chi connectivity index (χ1n) is 9.08. The van der Waals surface area contributed by atoms with Gasteiger partial charge in [-0.1, -0.05) is 24.3 Å². The number of hydrogen-bond donors (Lipinski definition) is 3. The highest BCUT2D eigenvalue weighted by Crippen LogP contribution is 2.30. The monoisotopic (exact) mass is 430 g/mol. The number of sulfonamides is 1. The van der Waals surface area contributed by atoms with Crippen molar-refractivity contribution in [2.45, 2.75) is 17.4 Å². The second-order valence-corrected chi connectivity index (χ2v) is 8.13. The predicted octanol–water partition coefficient (Wildman–Crippen LogP) is 0.103. The summed E-state index contributed by atoms with van der Waals surface area (Å²) in [5.41, 5.74) is 5.03. The molecule has 2 aliphatic rings. The van der Waals surface area contributed by atoms with Crippen LogP contribution in [-0.2, 0) is 19.6 Å². The number of amides is 2. The van der Waals surface area contributed by atoms with E-state index < -0.39 is 27.9 Å². The fourth-order valence-electron chi connectivity index (χ4n) is 2.94. The lowest BCUT2D eigenvalue weighted by Gasteiger charge is -2.25. The first-order valence-corrected chi connectivity index (χ1v) is 10.6. The van der Waals surface area contributed by atoms with Crippen LogP contribution in [0, 0.1) is 0 Å². The van der Waals surface area contributed by atoms with Gasteiger partial charge in [-0.15, -0.1) is 0 Å². The molecule has 1 atom stereocenters. The van der Waals surface area contributed by atoms with Gasteiger partial charge in [0.25, 0.3) is 15.9 Å². The Labute approximate surface area is 172 Å². The predicted molar refractivity (Wildman–Crippen MR) is 105 cm³/mol. The molecule has 10 nitrogen and oxygen atoms in total. The molecule has 2 aromatic carbocycles. The molecule has 0 bridgehead atoms. The molecular weight excluding hydrogens is 412 g/mol. The first kappa shape index (κ1) is 19.7. The topological polar surface area (TPSA) is 135 Å². The number of fused-ring (bicyclic) bond motifs is 2. The molecule has 11 heteroatoms. The number of aliphatic imine (C=N–C) groups is 1. The summed E-state index contributed by atoms with van der Waals surface area (Å²) < 4.78 is 37.4. The van der Waals surface area contributed by atoms with Crippen LogP contribution in [0.3, 0.4) is 0 Å². The molecule has 0 unspecified atom stereocenters. The van der Waals surface area contributed by atoms with Gasteiger partial charge in [-0.3, -0.25) is 30.2 Å². The number of para-hydroxylation sites is 2. The van der Waals surface area contributed by atoms with Crippen molar-refractivity contribution in [1.29, 1.82) is 0 Å². The normalized spacial score (nSPS) is 19.5. The van der Waals surface area contributed by atoms with Crippen molar-refractivity contribution in [2.24, 2.45) is 4.99 Å². The summed E-state index contributed by atoms with van der Waals surface area (Å²) in [7, 11) is -3.62. The maximum atomic E-state index is 12.2. The summed E-state index contributed by atoms with van der Waals surface area (Å²) in [6, 6.07) is 13.4. The average Bonchev–Trinajstić information content (AvgIpc) is 3.02. The van der Waals surface area contributed by atoms with Crippen molar-refractivity contribution in [3.05, 3.63) is 54.1 Å². The number of carbonyl (C=O) groups excluding carboxylic acids is 2. The third-order valence-corrected chi connectivity index (χ3v) is 5.79. The number of nitrogens with one attached hydrogen (secondary N) is 3. The molecule has 0 aliphatic carbocycles. The smallest absolute Gasteiger partial charge is 0.283 e. The van der Waals surface area contributed by atoms with Gasteiger partial charge in [0, 0.05) is 12.0 Å². The zero-order chi connectivity index (χ0) is 21.1. The zero-order valence-electron chi connectivity index (χ0n) is 15.6. The zero-order valence-corrected chi connectivity index (χ0v) is 16.4. The molecule has 2 aromatic rings. The van der Waals surface area contributed by atoms with Crippen LogP contribution < -0.4 is 25.0 Å². The first-order chi connectivity index (χ1) is 14.4. The van der Waals surface area contributed by atoms with Crippen molar-refractivity contribution >= 4 is 27.7 Å². The number of hydrogen-bond acceptors (Lipinski definition) is 7. The van der Waals surface area contributed by atoms with E-state index in [-0.39, 0.29) is 30.3 Å². The number of ether oxygens (including phenoxy) is 2. The number of hydrazine groups is 1. The van der Waals surface area contributed by atoms with E-state index in [0.717, 1.165) is 0 Å². The van der Waals surface area contributed by atoms with Gasteiger partial charge in [-0.05, 0) is 24.3 Å². The van der Waals surface area contributed by atoms with E-state index in [1.54, 1.807) is 42.5 Å². The summed E-state index contributed by atoms with van der Waals surface area (Å²) in [6.45, 7) is 0.0518. The summed E-state index contributed by atoms with van der Waals surface area (Å²) in [4.78, 5) is 28.4. The van der Waals surface area contributed by atoms with Crippen LogP contribution in [0.2, 0.25) is 0 Å². The van der Waals surface area contributed by atoms with Crippen molar-refractivity contribution in [2.75, 3.05) is 13.2 Å². The highest BCUT2D eigenvalue weighted by molar-refractivity contribution is 7.90. The van der Waals surface area contributed by atoms with Gasteiger partial charge in [0.15, 0.2) is 11.5 Å². The number of nitrogens with zero attached hydrogens (tertiary/aromatic N) is 1. The molecule has 0 aromatic heterocycles. The molecule has 3 N–H and O–H groups in total. The van der Waals surface area contributed by atoms with Gasteiger partial charge in [0.1, 0.15) is 12.4 Å². The molecule has 0 spiro atoms. The van der Waals surface area contributed by atoms with Crippen molar-refractivity contribution in [1.82, 2.24) is 15.6 Å². The molecule has 2 aliphatic heterocycles. The lowest BCUT2D eigenvalue weighted by molar-refractivity contribution is -0.135. The van der Waals surface area contributed by atoms with Crippen molar-refractivity contribution in [3.8, 4) is 11.5 Å². The van der Waals surface area contributed by atoms with E-state index in [0.29, 0.717) is 17.1 Å². The van der Waals surface area contributed by atoms with Gasteiger partial charge in [-0.2, -0.15) is 0 Å². The Balaban J connectivity index is 1.26. The third kappa shape index (κ3) is 4.06. The van der Waals surface area contributed by atoms with Crippen LogP contribution in [-0.4, -0.2) is 45.3 Å². The van der Waals surface area contributed by atoms with Crippen molar-refractivity contribution < 1.29 is 27.5 Å². The SMILES string of the molecule is O=C(CCN=C1NS(=O)(=O)c2ccccc21)NNC(=O)[C@@H]1COc2ccccc2O1. The lowest BCUT2D eigenvalue weighted by Crippen LogP contribution is -2.50. The Hall–Kier alpha value is -3.60. The van der Waals surface area contributed by atoms with Crippen LogP contribution >= 0.6 is 0 Å². The maximum Gasteiger partial charge on any atom is 0.283 e. The van der Waals surface area contributed by atoms with Gasteiger partial charge >= 0.3 is 0 Å². The minimum atomic E-state index is -3.62. The van der Waals surface area contributed by atoms with E-state index in [2.05, 4.69) is 20.6 Å². The second-order valence-electron chi connectivity index (χ2n) is 6.48. The molecule has 30 heavy (non-hydrogen) atoms. The fraction of sp³-hybridized carbons (Fsp3) is 0.211. The second kappa shape index (κ2) is 8.03. The highest BCUT2D eigenvalue weighted by Gasteiger charge is 2.30. The lowest BCUT2D eigenvalue weighted by atomic mass is 10.2. The molecule has 156 valence electrons. The average molecular weight is 430 g/mol. The summed E-state index contributed by atoms with van der Waals surface area (Å²) in [5.74, 6) is 0.147. The van der Waals surface area contributed by atoms with Gasteiger partial charge in [-0.25, -0.2) is 8.42 Å². The quantitative estimate of drug-likeness (QED) is 0.589. The maximum absolute atomic E-state index is 12.2. The van der Waals surface area contributed by atoms with Gasteiger partial charge in [0.2, 0.25) is 12.0 Å². The number of benzene rings is 2. The van der Waals surface area contributed by atoms with Crippen LogP contribution in [0.25, 0.3) is 0 Å². The van der Waals surface area contributed by atoms with E-state index in [4.69, 9.17) is 9.47 Å². The summed E-state index contributed by atoms with van der Waals surface area (Å²) in [6.07, 6.45) is -0.955. The number of amidine groups is 1. The Kier molecular flexibility index (Phi) is 5.27. The van der Waals surface area contributed by atoms with E-state index in [9.17, 15) is 18.0 Å². The Morgan fingerprint density at radius 1 is 1.07 bits per heavy atom. The van der Waals surface area contributed by atoms with Crippen LogP contribution in [0.15, 0.2) is 58.4 Å². The minimum Gasteiger partial charge on any atom is -0.485 e. The molecule has 0 saturated carbocycles. The summed E-state index contributed by atoms with van der Waals surface area (Å²) >= 11 is 0. The molecule has 2 amide bonds. The molecule has 0 radical (unpaired) electrons. The number of carbonyl (C=O) groups is 2. The molecular formula is C19H18N4O6S. The highest BCUT2D eigenvalue weighted by atomic mass is 32.2. The largest absolute Gasteiger partial charge is 0.485 e. The van der Waals surface area contributed by atoms with E-state index in [1.807, 2.05) is 0 Å².